The third-order valence-corrected chi connectivity index (χ3v) is 3.22. The second-order valence-electron chi connectivity index (χ2n) is 4.96. The van der Waals surface area contributed by atoms with Crippen molar-refractivity contribution in [1.82, 2.24) is 4.90 Å². The number of aryl methyl sites for hydroxylation is 2. The first kappa shape index (κ1) is 16.9. The van der Waals surface area contributed by atoms with Crippen molar-refractivity contribution in [3.8, 4) is 5.75 Å². The average molecular weight is 283 g/mol. The zero-order valence-corrected chi connectivity index (χ0v) is 12.2. The minimum absolute atomic E-state index is 0.00470. The van der Waals surface area contributed by atoms with Crippen LogP contribution in [0.15, 0.2) is 18.2 Å². The van der Waals surface area contributed by atoms with Gasteiger partial charge in [0, 0.05) is 19.6 Å². The Balaban J connectivity index is 2.41. The number of ether oxygens (including phenoxy) is 1. The molecule has 0 heterocycles. The number of aliphatic hydroxyl groups is 3. The van der Waals surface area contributed by atoms with Gasteiger partial charge in [-0.15, -0.1) is 0 Å². The van der Waals surface area contributed by atoms with Crippen molar-refractivity contribution in [3.05, 3.63) is 29.3 Å². The van der Waals surface area contributed by atoms with Gasteiger partial charge >= 0.3 is 0 Å². The van der Waals surface area contributed by atoms with Crippen molar-refractivity contribution in [2.24, 2.45) is 0 Å². The lowest BCUT2D eigenvalue weighted by Crippen LogP contribution is -2.38. The predicted molar refractivity (Wildman–Crippen MR) is 78.0 cm³/mol. The first-order chi connectivity index (χ1) is 9.56. The smallest absolute Gasteiger partial charge is 0.119 e. The topological polar surface area (TPSA) is 73.2 Å². The van der Waals surface area contributed by atoms with E-state index in [4.69, 9.17) is 14.9 Å². The fraction of sp³-hybridized carbons (Fsp3) is 0.600. The summed E-state index contributed by atoms with van der Waals surface area (Å²) >= 11 is 0. The Bertz CT molecular complexity index is 391. The number of rotatable bonds is 9. The van der Waals surface area contributed by atoms with E-state index in [0.29, 0.717) is 19.6 Å². The van der Waals surface area contributed by atoms with Crippen molar-refractivity contribution in [2.75, 3.05) is 39.5 Å². The summed E-state index contributed by atoms with van der Waals surface area (Å²) in [7, 11) is 0. The van der Waals surface area contributed by atoms with E-state index in [1.54, 1.807) is 4.90 Å². The van der Waals surface area contributed by atoms with Crippen molar-refractivity contribution in [1.29, 1.82) is 0 Å². The molecule has 0 saturated carbocycles. The van der Waals surface area contributed by atoms with Crippen LogP contribution in [0.3, 0.4) is 0 Å². The van der Waals surface area contributed by atoms with Gasteiger partial charge in [-0.1, -0.05) is 6.07 Å². The molecule has 0 spiro atoms. The SMILES string of the molecule is Cc1ccc(OC[C@H](O)CN(CCO)CCO)cc1C. The molecule has 0 bridgehead atoms. The summed E-state index contributed by atoms with van der Waals surface area (Å²) in [4.78, 5) is 1.80. The number of hydrogen-bond acceptors (Lipinski definition) is 5. The lowest BCUT2D eigenvalue weighted by Gasteiger charge is -2.23. The van der Waals surface area contributed by atoms with Crippen molar-refractivity contribution in [2.45, 2.75) is 20.0 Å². The first-order valence-corrected chi connectivity index (χ1v) is 6.89. The average Bonchev–Trinajstić information content (AvgIpc) is 2.41. The molecule has 0 unspecified atom stereocenters. The lowest BCUT2D eigenvalue weighted by molar-refractivity contribution is 0.0552. The Kier molecular flexibility index (Phi) is 7.54. The summed E-state index contributed by atoms with van der Waals surface area (Å²) in [5.41, 5.74) is 2.36. The van der Waals surface area contributed by atoms with Crippen LogP contribution in [-0.2, 0) is 0 Å². The van der Waals surface area contributed by atoms with Crippen LogP contribution in [0.2, 0.25) is 0 Å². The highest BCUT2D eigenvalue weighted by molar-refractivity contribution is 5.33. The van der Waals surface area contributed by atoms with E-state index >= 15 is 0 Å². The Morgan fingerprint density at radius 2 is 1.75 bits per heavy atom. The standard InChI is InChI=1S/C15H25NO4/c1-12-3-4-15(9-13(12)2)20-11-14(19)10-16(5-7-17)6-8-18/h3-4,9,14,17-19H,5-8,10-11H2,1-2H3/t14-/m1/s1. The third-order valence-electron chi connectivity index (χ3n) is 3.22. The van der Waals surface area contributed by atoms with E-state index in [0.717, 1.165) is 11.3 Å². The molecule has 0 aromatic heterocycles. The largest absolute Gasteiger partial charge is 0.491 e. The summed E-state index contributed by atoms with van der Waals surface area (Å²) in [5.74, 6) is 0.739. The summed E-state index contributed by atoms with van der Waals surface area (Å²) in [6.07, 6.45) is -0.658. The van der Waals surface area contributed by atoms with Crippen LogP contribution in [0.4, 0.5) is 0 Å². The third kappa shape index (κ3) is 5.88. The Labute approximate surface area is 120 Å². The van der Waals surface area contributed by atoms with E-state index in [1.165, 1.54) is 5.56 Å². The summed E-state index contributed by atoms with van der Waals surface area (Å²) in [6, 6.07) is 5.82. The molecule has 0 aliphatic carbocycles. The molecule has 0 saturated heterocycles. The van der Waals surface area contributed by atoms with Gasteiger partial charge in [-0.2, -0.15) is 0 Å². The maximum absolute atomic E-state index is 9.93. The van der Waals surface area contributed by atoms with E-state index in [2.05, 4.69) is 0 Å². The molecule has 1 rings (SSSR count). The lowest BCUT2D eigenvalue weighted by atomic mass is 10.1. The number of aliphatic hydroxyl groups excluding tert-OH is 3. The Morgan fingerprint density at radius 1 is 1.10 bits per heavy atom. The number of nitrogens with zero attached hydrogens (tertiary/aromatic N) is 1. The molecular weight excluding hydrogens is 258 g/mol. The van der Waals surface area contributed by atoms with Crippen LogP contribution >= 0.6 is 0 Å². The van der Waals surface area contributed by atoms with Crippen LogP contribution in [0.5, 0.6) is 5.75 Å². The fourth-order valence-corrected chi connectivity index (χ4v) is 1.92. The molecule has 5 heteroatoms. The van der Waals surface area contributed by atoms with Gasteiger partial charge in [0.2, 0.25) is 0 Å². The molecule has 0 aliphatic rings. The second kappa shape index (κ2) is 8.92. The van der Waals surface area contributed by atoms with Crippen LogP contribution in [-0.4, -0.2) is 65.8 Å². The molecule has 3 N–H and O–H groups in total. The highest BCUT2D eigenvalue weighted by atomic mass is 16.5. The molecule has 1 atom stereocenters. The summed E-state index contributed by atoms with van der Waals surface area (Å²) in [6.45, 7) is 5.48. The predicted octanol–water partition coefficient (Wildman–Crippen LogP) is 0.330. The van der Waals surface area contributed by atoms with Crippen LogP contribution in [0.25, 0.3) is 0 Å². The molecule has 5 nitrogen and oxygen atoms in total. The van der Waals surface area contributed by atoms with Gasteiger partial charge in [-0.3, -0.25) is 4.90 Å². The Hall–Kier alpha value is -1.14. The molecule has 20 heavy (non-hydrogen) atoms. The number of benzene rings is 1. The van der Waals surface area contributed by atoms with Crippen molar-refractivity contribution >= 4 is 0 Å². The van der Waals surface area contributed by atoms with Gasteiger partial charge in [-0.05, 0) is 37.1 Å². The molecule has 0 fully saturated rings. The first-order valence-electron chi connectivity index (χ1n) is 6.89. The van der Waals surface area contributed by atoms with Crippen molar-refractivity contribution in [3.63, 3.8) is 0 Å². The van der Waals surface area contributed by atoms with Gasteiger partial charge in [0.05, 0.1) is 13.2 Å². The highest BCUT2D eigenvalue weighted by Crippen LogP contribution is 2.16. The molecule has 114 valence electrons. The Morgan fingerprint density at radius 3 is 2.30 bits per heavy atom. The van der Waals surface area contributed by atoms with E-state index in [-0.39, 0.29) is 19.8 Å². The monoisotopic (exact) mass is 283 g/mol. The molecule has 1 aromatic carbocycles. The molecule has 0 aliphatic heterocycles. The van der Waals surface area contributed by atoms with Gasteiger partial charge in [0.1, 0.15) is 18.5 Å². The minimum Gasteiger partial charge on any atom is -0.491 e. The summed E-state index contributed by atoms with van der Waals surface area (Å²) < 4.78 is 5.56. The number of hydrogen-bond donors (Lipinski definition) is 3. The van der Waals surface area contributed by atoms with Gasteiger partial charge in [-0.25, -0.2) is 0 Å². The second-order valence-corrected chi connectivity index (χ2v) is 4.96. The maximum atomic E-state index is 9.93. The van der Waals surface area contributed by atoms with Gasteiger partial charge < -0.3 is 20.1 Å². The molecular formula is C15H25NO4. The summed E-state index contributed by atoms with van der Waals surface area (Å²) in [5, 5.41) is 27.7. The fourth-order valence-electron chi connectivity index (χ4n) is 1.92. The minimum atomic E-state index is -0.658. The van der Waals surface area contributed by atoms with E-state index in [1.807, 2.05) is 32.0 Å². The van der Waals surface area contributed by atoms with Crippen molar-refractivity contribution < 1.29 is 20.1 Å². The van der Waals surface area contributed by atoms with Crippen LogP contribution in [0, 0.1) is 13.8 Å². The zero-order chi connectivity index (χ0) is 15.0. The van der Waals surface area contributed by atoms with E-state index < -0.39 is 6.10 Å². The van der Waals surface area contributed by atoms with Gasteiger partial charge in [0.25, 0.3) is 0 Å². The normalized spacial score (nSPS) is 12.7. The molecule has 0 radical (unpaired) electrons. The van der Waals surface area contributed by atoms with Gasteiger partial charge in [0.15, 0.2) is 0 Å². The maximum Gasteiger partial charge on any atom is 0.119 e. The van der Waals surface area contributed by atoms with E-state index in [9.17, 15) is 5.11 Å². The molecule has 0 amide bonds. The molecule has 1 aromatic rings. The zero-order valence-electron chi connectivity index (χ0n) is 12.2. The quantitative estimate of drug-likeness (QED) is 0.609. The van der Waals surface area contributed by atoms with Crippen LogP contribution in [0.1, 0.15) is 11.1 Å². The highest BCUT2D eigenvalue weighted by Gasteiger charge is 2.12. The van der Waals surface area contributed by atoms with Crippen LogP contribution < -0.4 is 4.74 Å².